The summed E-state index contributed by atoms with van der Waals surface area (Å²) >= 11 is 0. The smallest absolute Gasteiger partial charge is 0.462 e. The van der Waals surface area contributed by atoms with Crippen LogP contribution in [0.3, 0.4) is 0 Å². The summed E-state index contributed by atoms with van der Waals surface area (Å²) < 4.78 is 68.1. The predicted molar refractivity (Wildman–Crippen MR) is 340 cm³/mol. The monoisotopic (exact) mass is 1250 g/mol. The summed E-state index contributed by atoms with van der Waals surface area (Å²) in [4.78, 5) is 72.3. The predicted octanol–water partition coefficient (Wildman–Crippen LogP) is 18.3. The number of aliphatic hydroxyl groups excluding tert-OH is 1. The van der Waals surface area contributed by atoms with Crippen molar-refractivity contribution in [1.82, 2.24) is 0 Å². The van der Waals surface area contributed by atoms with Crippen LogP contribution < -0.4 is 0 Å². The molecule has 0 fully saturated rings. The van der Waals surface area contributed by atoms with E-state index in [1.807, 2.05) is 0 Å². The Hall–Kier alpha value is -1.94. The summed E-state index contributed by atoms with van der Waals surface area (Å²) in [6, 6.07) is 0. The molecule has 17 nitrogen and oxygen atoms in total. The molecule has 4 unspecified atom stereocenters. The van der Waals surface area contributed by atoms with Crippen LogP contribution in [0.2, 0.25) is 0 Å². The summed E-state index contributed by atoms with van der Waals surface area (Å²) in [5, 5.41) is 10.6. The highest BCUT2D eigenvalue weighted by atomic mass is 31.2. The molecule has 0 aliphatic heterocycles. The van der Waals surface area contributed by atoms with Gasteiger partial charge in [-0.1, -0.05) is 273 Å². The summed E-state index contributed by atoms with van der Waals surface area (Å²) in [5.41, 5.74) is 0. The molecular formula is C66H128O17P2. The number of aliphatic hydroxyl groups is 1. The van der Waals surface area contributed by atoms with Crippen LogP contribution in [0.5, 0.6) is 0 Å². The molecule has 0 heterocycles. The lowest BCUT2D eigenvalue weighted by Gasteiger charge is -2.21. The van der Waals surface area contributed by atoms with Crippen molar-refractivity contribution in [2.75, 3.05) is 39.6 Å². The fourth-order valence-electron chi connectivity index (χ4n) is 9.77. The van der Waals surface area contributed by atoms with Gasteiger partial charge in [-0.2, -0.15) is 0 Å². The van der Waals surface area contributed by atoms with Crippen LogP contribution in [-0.4, -0.2) is 96.7 Å². The van der Waals surface area contributed by atoms with E-state index >= 15 is 0 Å². The number of carbonyl (C=O) groups excluding carboxylic acids is 4. The molecule has 0 radical (unpaired) electrons. The topological polar surface area (TPSA) is 237 Å². The number of phosphoric acid groups is 2. The largest absolute Gasteiger partial charge is 0.472 e. The van der Waals surface area contributed by atoms with Crippen LogP contribution in [0.4, 0.5) is 0 Å². The van der Waals surface area contributed by atoms with Crippen LogP contribution in [0, 0.1) is 17.8 Å². The van der Waals surface area contributed by atoms with Crippen molar-refractivity contribution in [2.45, 2.75) is 343 Å². The van der Waals surface area contributed by atoms with Gasteiger partial charge in [0.1, 0.15) is 19.3 Å². The third kappa shape index (κ3) is 58.2. The maximum Gasteiger partial charge on any atom is 0.472 e. The highest BCUT2D eigenvalue weighted by Crippen LogP contribution is 2.45. The van der Waals surface area contributed by atoms with Gasteiger partial charge in [-0.15, -0.1) is 0 Å². The molecule has 0 aromatic rings. The number of unbranched alkanes of at least 4 members (excludes halogenated alkanes) is 30. The van der Waals surface area contributed by atoms with Gasteiger partial charge in [0, 0.05) is 25.7 Å². The molecule has 0 bridgehead atoms. The molecule has 0 aromatic carbocycles. The molecule has 0 aliphatic rings. The Kier molecular flexibility index (Phi) is 55.9. The van der Waals surface area contributed by atoms with Crippen LogP contribution >= 0.6 is 15.6 Å². The van der Waals surface area contributed by atoms with Crippen molar-refractivity contribution in [3.63, 3.8) is 0 Å². The number of carbonyl (C=O) groups is 4. The average molecular weight is 1260 g/mol. The Morgan fingerprint density at radius 1 is 0.341 bits per heavy atom. The van der Waals surface area contributed by atoms with Gasteiger partial charge in [0.25, 0.3) is 0 Å². The number of ether oxygens (including phenoxy) is 4. The van der Waals surface area contributed by atoms with Gasteiger partial charge in [0.05, 0.1) is 26.4 Å². The molecule has 19 heteroatoms. The van der Waals surface area contributed by atoms with E-state index in [4.69, 9.17) is 37.0 Å². The molecule has 0 spiro atoms. The maximum atomic E-state index is 13.0. The van der Waals surface area contributed by atoms with Gasteiger partial charge in [-0.25, -0.2) is 9.13 Å². The van der Waals surface area contributed by atoms with E-state index in [2.05, 4.69) is 48.5 Å². The molecule has 7 atom stereocenters. The number of esters is 4. The molecule has 0 aromatic heterocycles. The zero-order valence-electron chi connectivity index (χ0n) is 55.1. The van der Waals surface area contributed by atoms with E-state index in [1.165, 1.54) is 135 Å². The summed E-state index contributed by atoms with van der Waals surface area (Å²) in [6.45, 7) is 11.7. The van der Waals surface area contributed by atoms with Gasteiger partial charge in [0.15, 0.2) is 12.2 Å². The second-order valence-corrected chi connectivity index (χ2v) is 27.7. The first-order valence-corrected chi connectivity index (χ1v) is 37.4. The van der Waals surface area contributed by atoms with Crippen LogP contribution in [0.15, 0.2) is 0 Å². The zero-order chi connectivity index (χ0) is 63.1. The fourth-order valence-corrected chi connectivity index (χ4v) is 11.3. The first-order valence-electron chi connectivity index (χ1n) is 34.4. The maximum absolute atomic E-state index is 13.0. The van der Waals surface area contributed by atoms with Crippen molar-refractivity contribution in [1.29, 1.82) is 0 Å². The van der Waals surface area contributed by atoms with Gasteiger partial charge < -0.3 is 33.8 Å². The van der Waals surface area contributed by atoms with Crippen molar-refractivity contribution in [3.8, 4) is 0 Å². The fraction of sp³-hybridized carbons (Fsp3) is 0.939. The minimum Gasteiger partial charge on any atom is -0.462 e. The molecule has 0 amide bonds. The van der Waals surface area contributed by atoms with Gasteiger partial charge in [0.2, 0.25) is 0 Å². The molecule has 3 N–H and O–H groups in total. The van der Waals surface area contributed by atoms with Crippen LogP contribution in [0.25, 0.3) is 0 Å². The molecular weight excluding hydrogens is 1130 g/mol. The van der Waals surface area contributed by atoms with Gasteiger partial charge >= 0.3 is 39.5 Å². The second kappa shape index (κ2) is 57.2. The third-order valence-corrected chi connectivity index (χ3v) is 17.8. The number of rotatable bonds is 64. The number of hydrogen-bond acceptors (Lipinski definition) is 15. The van der Waals surface area contributed by atoms with Crippen LogP contribution in [-0.2, 0) is 65.4 Å². The molecule has 0 saturated heterocycles. The van der Waals surface area contributed by atoms with Crippen molar-refractivity contribution < 1.29 is 80.2 Å². The Bertz CT molecular complexity index is 1690. The standard InChI is InChI=1S/C66H128O17P2/c1-8-11-12-13-14-15-19-25-33-40-47-63(68)76-54-62(83-66(71)50-43-36-29-28-32-39-46-59(7)10-3)56-81-85(74,75)79-52-60(67)51-78-84(72,73)80-55-61(53-77-64(69)48-41-34-26-22-21-24-31-38-45-58(6)9-2)82-65(70)49-42-35-27-20-17-16-18-23-30-37-44-57(4)5/h57-62,67H,8-56H2,1-7H3,(H,72,73)(H,74,75)/t58?,59?,60-,61-,62-/m1/s1. The Labute approximate surface area is 517 Å². The Balaban J connectivity index is 5.26. The lowest BCUT2D eigenvalue weighted by atomic mass is 9.99. The molecule has 0 rings (SSSR count). The SMILES string of the molecule is CCCCCCCCCCCCC(=O)OC[C@H](COP(=O)(O)OC[C@H](O)COP(=O)(O)OC[C@@H](COC(=O)CCCCCCCCCCC(C)CC)OC(=O)CCCCCCCCCCCCC(C)C)OC(=O)CCCCCCCCC(C)CC. The second-order valence-electron chi connectivity index (χ2n) is 24.8. The summed E-state index contributed by atoms with van der Waals surface area (Å²) in [5.74, 6) is 0.115. The normalized spacial score (nSPS) is 15.0. The van der Waals surface area contributed by atoms with Gasteiger partial charge in [-0.3, -0.25) is 37.3 Å². The molecule has 85 heavy (non-hydrogen) atoms. The molecule has 0 aliphatic carbocycles. The van der Waals surface area contributed by atoms with E-state index in [0.29, 0.717) is 25.7 Å². The van der Waals surface area contributed by atoms with E-state index in [0.717, 1.165) is 108 Å². The van der Waals surface area contributed by atoms with E-state index in [9.17, 15) is 43.2 Å². The minimum atomic E-state index is -4.95. The Morgan fingerprint density at radius 3 is 0.894 bits per heavy atom. The highest BCUT2D eigenvalue weighted by Gasteiger charge is 2.30. The van der Waals surface area contributed by atoms with Crippen molar-refractivity contribution in [3.05, 3.63) is 0 Å². The first kappa shape index (κ1) is 83.1. The minimum absolute atomic E-state index is 0.103. The zero-order valence-corrected chi connectivity index (χ0v) is 56.9. The lowest BCUT2D eigenvalue weighted by molar-refractivity contribution is -0.161. The van der Waals surface area contributed by atoms with E-state index in [1.54, 1.807) is 0 Å². The summed E-state index contributed by atoms with van der Waals surface area (Å²) in [7, 11) is -9.89. The number of hydrogen-bond donors (Lipinski definition) is 3. The third-order valence-electron chi connectivity index (χ3n) is 15.9. The van der Waals surface area contributed by atoms with E-state index < -0.39 is 97.5 Å². The molecule has 504 valence electrons. The quantitative estimate of drug-likeness (QED) is 0.0222. The average Bonchev–Trinajstić information content (AvgIpc) is 3.62. The van der Waals surface area contributed by atoms with E-state index in [-0.39, 0.29) is 25.7 Å². The first-order chi connectivity index (χ1) is 40.8. The lowest BCUT2D eigenvalue weighted by Crippen LogP contribution is -2.30. The van der Waals surface area contributed by atoms with Crippen molar-refractivity contribution in [2.24, 2.45) is 17.8 Å². The molecule has 0 saturated carbocycles. The Morgan fingerprint density at radius 2 is 0.600 bits per heavy atom. The summed E-state index contributed by atoms with van der Waals surface area (Å²) in [6.07, 6.45) is 38.9. The highest BCUT2D eigenvalue weighted by molar-refractivity contribution is 7.47. The van der Waals surface area contributed by atoms with Crippen molar-refractivity contribution >= 4 is 39.5 Å². The van der Waals surface area contributed by atoms with Crippen LogP contribution in [0.1, 0.15) is 325 Å². The van der Waals surface area contributed by atoms with Gasteiger partial charge in [-0.05, 0) is 43.4 Å². The number of phosphoric ester groups is 2.